The number of nitrogens with one attached hydrogen (secondary N) is 1. The van der Waals surface area contributed by atoms with Crippen molar-refractivity contribution in [3.63, 3.8) is 0 Å². The fourth-order valence-corrected chi connectivity index (χ4v) is 4.72. The molecule has 1 aromatic heterocycles. The Labute approximate surface area is 161 Å². The van der Waals surface area contributed by atoms with Crippen LogP contribution in [0.4, 0.5) is 0 Å². The minimum Gasteiger partial charge on any atom is -0.396 e. The summed E-state index contributed by atoms with van der Waals surface area (Å²) in [7, 11) is -0.903. The Bertz CT molecular complexity index is 919. The maximum absolute atomic E-state index is 11.7. The summed E-state index contributed by atoms with van der Waals surface area (Å²) in [5.74, 6) is 0.525. The van der Waals surface area contributed by atoms with Gasteiger partial charge in [0.25, 0.3) is 0 Å². The van der Waals surface area contributed by atoms with Gasteiger partial charge in [-0.3, -0.25) is 4.21 Å². The van der Waals surface area contributed by atoms with Gasteiger partial charge in [-0.15, -0.1) is 0 Å². The first-order valence-corrected chi connectivity index (χ1v) is 10.9. The lowest BCUT2D eigenvalue weighted by Crippen LogP contribution is -2.28. The molecule has 0 radical (unpaired) electrons. The molecule has 0 bridgehead atoms. The monoisotopic (exact) mass is 389 g/mol. The molecule has 0 fully saturated rings. The van der Waals surface area contributed by atoms with E-state index in [0.717, 1.165) is 34.0 Å². The molecule has 3 rings (SSSR count). The van der Waals surface area contributed by atoms with E-state index in [4.69, 9.17) is 11.6 Å². The van der Waals surface area contributed by atoms with Crippen molar-refractivity contribution in [1.82, 2.24) is 4.98 Å². The average Bonchev–Trinajstić information content (AvgIpc) is 3.06. The van der Waals surface area contributed by atoms with Crippen molar-refractivity contribution in [1.29, 1.82) is 0 Å². The lowest BCUT2D eigenvalue weighted by Gasteiger charge is -2.33. The zero-order valence-corrected chi connectivity index (χ0v) is 16.7. The predicted octanol–water partition coefficient (Wildman–Crippen LogP) is 4.78. The van der Waals surface area contributed by atoms with Gasteiger partial charge in [-0.2, -0.15) is 0 Å². The van der Waals surface area contributed by atoms with Crippen LogP contribution in [0.15, 0.2) is 48.7 Å². The zero-order chi connectivity index (χ0) is 18.7. The van der Waals surface area contributed by atoms with E-state index in [2.05, 4.69) is 18.0 Å². The van der Waals surface area contributed by atoms with Crippen LogP contribution in [-0.2, 0) is 22.0 Å². The number of H-pyrrole nitrogens is 1. The van der Waals surface area contributed by atoms with Crippen molar-refractivity contribution in [2.75, 3.05) is 12.9 Å². The number of halogens is 1. The predicted molar refractivity (Wildman–Crippen MR) is 110 cm³/mol. The van der Waals surface area contributed by atoms with Crippen LogP contribution in [0, 0.1) is 0 Å². The van der Waals surface area contributed by atoms with Gasteiger partial charge >= 0.3 is 0 Å². The summed E-state index contributed by atoms with van der Waals surface area (Å²) < 4.78 is 11.7. The molecule has 0 aliphatic rings. The van der Waals surface area contributed by atoms with Gasteiger partial charge in [0.05, 0.1) is 5.75 Å². The molecule has 0 aliphatic carbocycles. The van der Waals surface area contributed by atoms with E-state index in [1.165, 1.54) is 0 Å². The Hall–Kier alpha value is -1.62. The van der Waals surface area contributed by atoms with Crippen LogP contribution in [0.3, 0.4) is 0 Å². The molecule has 138 valence electrons. The Balaban J connectivity index is 2.22. The second-order valence-electron chi connectivity index (χ2n) is 6.68. The first-order chi connectivity index (χ1) is 12.5. The van der Waals surface area contributed by atoms with Gasteiger partial charge in [0.15, 0.2) is 0 Å². The molecule has 0 amide bonds. The van der Waals surface area contributed by atoms with E-state index < -0.39 is 10.8 Å². The molecule has 3 aromatic rings. The second kappa shape index (κ2) is 7.95. The highest BCUT2D eigenvalue weighted by Gasteiger charge is 2.34. The van der Waals surface area contributed by atoms with E-state index >= 15 is 0 Å². The van der Waals surface area contributed by atoms with Crippen molar-refractivity contribution in [3.8, 4) is 0 Å². The van der Waals surface area contributed by atoms with E-state index in [1.807, 2.05) is 42.6 Å². The summed E-state index contributed by atoms with van der Waals surface area (Å²) in [6.45, 7) is 2.25. The third-order valence-corrected chi connectivity index (χ3v) is 6.18. The fraction of sp³-hybridized carbons (Fsp3) is 0.333. The Morgan fingerprint density at radius 3 is 2.54 bits per heavy atom. The van der Waals surface area contributed by atoms with Gasteiger partial charge in [-0.05, 0) is 41.7 Å². The molecule has 1 heterocycles. The first-order valence-electron chi connectivity index (χ1n) is 8.78. The maximum atomic E-state index is 11.7. The smallest absolute Gasteiger partial charge is 0.0503 e. The first kappa shape index (κ1) is 19.2. The average molecular weight is 390 g/mol. The topological polar surface area (TPSA) is 53.1 Å². The highest BCUT2D eigenvalue weighted by molar-refractivity contribution is 7.83. The summed E-state index contributed by atoms with van der Waals surface area (Å²) in [5.41, 5.74) is 4.09. The molecule has 5 heteroatoms. The van der Waals surface area contributed by atoms with Crippen LogP contribution < -0.4 is 0 Å². The van der Waals surface area contributed by atoms with Crippen LogP contribution in [0.1, 0.15) is 36.5 Å². The highest BCUT2D eigenvalue weighted by atomic mass is 35.5. The summed E-state index contributed by atoms with van der Waals surface area (Å²) in [6.07, 6.45) is 5.24. The summed E-state index contributed by atoms with van der Waals surface area (Å²) in [5, 5.41) is 11.6. The van der Waals surface area contributed by atoms with Crippen molar-refractivity contribution >= 4 is 33.3 Å². The molecule has 0 aliphatic heterocycles. The normalized spacial score (nSPS) is 15.1. The lowest BCUT2D eigenvalue weighted by atomic mass is 9.70. The van der Waals surface area contributed by atoms with E-state index in [9.17, 15) is 9.32 Å². The van der Waals surface area contributed by atoms with Gasteiger partial charge in [-0.25, -0.2) is 0 Å². The third-order valence-electron chi connectivity index (χ3n) is 5.22. The number of aliphatic hydroxyl groups excluding tert-OH is 1. The van der Waals surface area contributed by atoms with Crippen molar-refractivity contribution in [3.05, 3.63) is 70.4 Å². The van der Waals surface area contributed by atoms with Crippen LogP contribution in [0.5, 0.6) is 0 Å². The number of aromatic nitrogens is 1. The van der Waals surface area contributed by atoms with E-state index in [-0.39, 0.29) is 12.0 Å². The molecule has 2 aromatic carbocycles. The molecular formula is C21H24ClNO2S. The summed E-state index contributed by atoms with van der Waals surface area (Å²) >= 11 is 6.09. The molecule has 2 unspecified atom stereocenters. The summed E-state index contributed by atoms with van der Waals surface area (Å²) in [6, 6.07) is 14.0. The van der Waals surface area contributed by atoms with Gasteiger partial charge in [0.1, 0.15) is 0 Å². The lowest BCUT2D eigenvalue weighted by molar-refractivity contribution is 0.250. The minimum atomic E-state index is -0.903. The number of hydrogen-bond donors (Lipinski definition) is 2. The molecule has 26 heavy (non-hydrogen) atoms. The van der Waals surface area contributed by atoms with Gasteiger partial charge in [-0.1, -0.05) is 48.9 Å². The standard InChI is InChI=1S/C21H24ClNO2S/c1-3-21(11-12-24,16-7-9-17(22)10-8-16)19-13-23-20-15(14-26(2)25)5-4-6-18(19)20/h4-10,13,23-24H,3,11-12,14H2,1-2H3. The molecule has 3 nitrogen and oxygen atoms in total. The number of rotatable bonds is 7. The number of hydrogen-bond acceptors (Lipinski definition) is 2. The van der Waals surface area contributed by atoms with Crippen molar-refractivity contribution < 1.29 is 9.32 Å². The van der Waals surface area contributed by atoms with E-state index in [0.29, 0.717) is 17.2 Å². The fourth-order valence-electron chi connectivity index (χ4n) is 3.92. The summed E-state index contributed by atoms with van der Waals surface area (Å²) in [4.78, 5) is 3.40. The number of para-hydroxylation sites is 1. The van der Waals surface area contributed by atoms with Crippen molar-refractivity contribution in [2.24, 2.45) is 0 Å². The quantitative estimate of drug-likeness (QED) is 0.611. The zero-order valence-electron chi connectivity index (χ0n) is 15.1. The molecule has 0 spiro atoms. The molecule has 0 saturated carbocycles. The molecule has 2 N–H and O–H groups in total. The number of aromatic amines is 1. The van der Waals surface area contributed by atoms with Crippen LogP contribution in [0.25, 0.3) is 10.9 Å². The van der Waals surface area contributed by atoms with Gasteiger partial charge < -0.3 is 10.1 Å². The van der Waals surface area contributed by atoms with Gasteiger partial charge in [0.2, 0.25) is 0 Å². The Kier molecular flexibility index (Phi) is 5.86. The van der Waals surface area contributed by atoms with Crippen LogP contribution in [0.2, 0.25) is 5.02 Å². The molecule has 0 saturated heterocycles. The molecular weight excluding hydrogens is 366 g/mol. The molecule has 2 atom stereocenters. The largest absolute Gasteiger partial charge is 0.396 e. The number of benzene rings is 2. The second-order valence-corrected chi connectivity index (χ2v) is 8.55. The Morgan fingerprint density at radius 1 is 1.19 bits per heavy atom. The highest BCUT2D eigenvalue weighted by Crippen LogP contribution is 2.43. The number of aliphatic hydroxyl groups is 1. The minimum absolute atomic E-state index is 0.0990. The van der Waals surface area contributed by atoms with Crippen molar-refractivity contribution in [2.45, 2.75) is 30.9 Å². The Morgan fingerprint density at radius 2 is 1.92 bits per heavy atom. The number of fused-ring (bicyclic) bond motifs is 1. The maximum Gasteiger partial charge on any atom is 0.0503 e. The van der Waals surface area contributed by atoms with Gasteiger partial charge in [0, 0.05) is 51.2 Å². The van der Waals surface area contributed by atoms with Crippen LogP contribution >= 0.6 is 11.6 Å². The van der Waals surface area contributed by atoms with Crippen LogP contribution in [-0.4, -0.2) is 27.2 Å². The van der Waals surface area contributed by atoms with E-state index in [1.54, 1.807) is 6.26 Å². The third kappa shape index (κ3) is 3.46. The SMILES string of the molecule is CCC(CCO)(c1ccc(Cl)cc1)c1c[nH]c2c(CS(C)=O)cccc12.